The molecule has 2 amide bonds. The van der Waals surface area contributed by atoms with E-state index in [1.807, 2.05) is 24.3 Å². The number of hydrogen-bond donors (Lipinski definition) is 3. The molecule has 2 atom stereocenters. The zero-order valence-electron chi connectivity index (χ0n) is 19.0. The van der Waals surface area contributed by atoms with Gasteiger partial charge in [-0.1, -0.05) is 48.5 Å². The van der Waals surface area contributed by atoms with Crippen molar-refractivity contribution >= 4 is 18.0 Å². The lowest BCUT2D eigenvalue weighted by atomic mass is 9.98. The van der Waals surface area contributed by atoms with Crippen molar-refractivity contribution in [3.05, 3.63) is 59.7 Å². The van der Waals surface area contributed by atoms with E-state index >= 15 is 0 Å². The maximum atomic E-state index is 12.6. The van der Waals surface area contributed by atoms with Gasteiger partial charge in [0, 0.05) is 23.9 Å². The van der Waals surface area contributed by atoms with Crippen LogP contribution in [0, 0.1) is 5.92 Å². The van der Waals surface area contributed by atoms with E-state index < -0.39 is 23.5 Å². The molecule has 1 saturated carbocycles. The van der Waals surface area contributed by atoms with Crippen molar-refractivity contribution in [2.24, 2.45) is 5.92 Å². The number of benzene rings is 2. The number of rotatable bonds is 7. The van der Waals surface area contributed by atoms with Crippen molar-refractivity contribution in [3.63, 3.8) is 0 Å². The summed E-state index contributed by atoms with van der Waals surface area (Å²) in [4.78, 5) is 36.1. The van der Waals surface area contributed by atoms with Gasteiger partial charge in [0.15, 0.2) is 0 Å². The first-order valence-electron chi connectivity index (χ1n) is 11.4. The summed E-state index contributed by atoms with van der Waals surface area (Å²) in [5, 5.41) is 14.8. The Morgan fingerprint density at radius 1 is 1.00 bits per heavy atom. The molecule has 4 rings (SSSR count). The summed E-state index contributed by atoms with van der Waals surface area (Å²) in [6, 6.07) is 16.1. The van der Waals surface area contributed by atoms with E-state index in [9.17, 15) is 14.4 Å². The molecule has 2 aliphatic rings. The Bertz CT molecular complexity index is 1020. The van der Waals surface area contributed by atoms with Gasteiger partial charge in [-0.05, 0) is 55.4 Å². The number of carbonyl (C=O) groups excluding carboxylic acids is 2. The molecule has 0 aromatic heterocycles. The van der Waals surface area contributed by atoms with Gasteiger partial charge in [0.25, 0.3) is 0 Å². The summed E-state index contributed by atoms with van der Waals surface area (Å²) < 4.78 is 5.58. The van der Waals surface area contributed by atoms with E-state index in [1.165, 1.54) is 0 Å². The average molecular weight is 451 g/mol. The van der Waals surface area contributed by atoms with Gasteiger partial charge < -0.3 is 20.5 Å². The molecule has 0 saturated heterocycles. The largest absolute Gasteiger partial charge is 0.481 e. The van der Waals surface area contributed by atoms with E-state index in [-0.39, 0.29) is 30.9 Å². The lowest BCUT2D eigenvalue weighted by molar-refractivity contribution is -0.141. The van der Waals surface area contributed by atoms with Gasteiger partial charge in [-0.15, -0.1) is 0 Å². The molecule has 2 aromatic rings. The summed E-state index contributed by atoms with van der Waals surface area (Å²) in [6.07, 6.45) is 1.18. The number of aliphatic carboxylic acids is 1. The Morgan fingerprint density at radius 3 is 2.18 bits per heavy atom. The van der Waals surface area contributed by atoms with Crippen LogP contribution in [-0.2, 0) is 14.3 Å². The second-order valence-electron chi connectivity index (χ2n) is 9.62. The summed E-state index contributed by atoms with van der Waals surface area (Å²) in [6.45, 7) is 3.74. The van der Waals surface area contributed by atoms with Crippen molar-refractivity contribution in [2.75, 3.05) is 6.61 Å². The van der Waals surface area contributed by atoms with Crippen molar-refractivity contribution in [2.45, 2.75) is 57.0 Å². The first kappa shape index (κ1) is 22.8. The molecule has 2 aromatic carbocycles. The Balaban J connectivity index is 1.30. The van der Waals surface area contributed by atoms with Gasteiger partial charge in [-0.25, -0.2) is 4.79 Å². The number of carbonyl (C=O) groups is 3. The predicted octanol–water partition coefficient (Wildman–Crippen LogP) is 4.06. The van der Waals surface area contributed by atoms with Gasteiger partial charge in [0.05, 0.1) is 5.92 Å². The Kier molecular flexibility index (Phi) is 6.40. The second kappa shape index (κ2) is 9.25. The molecule has 0 heterocycles. The van der Waals surface area contributed by atoms with Crippen LogP contribution in [0.5, 0.6) is 0 Å². The smallest absolute Gasteiger partial charge is 0.407 e. The van der Waals surface area contributed by atoms with E-state index in [0.717, 1.165) is 22.3 Å². The molecule has 1 fully saturated rings. The molecular formula is C26H30N2O5. The average Bonchev–Trinajstić information content (AvgIpc) is 3.34. The Labute approximate surface area is 193 Å². The standard InChI is InChI=1S/C26H30N2O5/c1-26(2,14-23(29)27-17-12-11-16(13-17)24(30)31)28-25(32)33-15-22-20-9-5-3-7-18(20)19-8-4-6-10-21(19)22/h3-10,16-17,22H,11-15H2,1-2H3,(H,27,29)(H,28,32)(H,30,31). The lowest BCUT2D eigenvalue weighted by Crippen LogP contribution is -2.48. The molecule has 0 radical (unpaired) electrons. The number of alkyl carbamates (subject to hydrolysis) is 1. The number of carboxylic acid groups (broad SMARTS) is 1. The van der Waals surface area contributed by atoms with Gasteiger partial charge in [-0.3, -0.25) is 9.59 Å². The highest BCUT2D eigenvalue weighted by atomic mass is 16.5. The molecule has 2 aliphatic carbocycles. The third-order valence-corrected chi connectivity index (χ3v) is 6.53. The minimum absolute atomic E-state index is 0.0286. The van der Waals surface area contributed by atoms with Crippen LogP contribution in [0.15, 0.2) is 48.5 Å². The summed E-state index contributed by atoms with van der Waals surface area (Å²) in [7, 11) is 0. The van der Waals surface area contributed by atoms with Crippen LogP contribution in [0.25, 0.3) is 11.1 Å². The zero-order valence-corrected chi connectivity index (χ0v) is 19.0. The SMILES string of the molecule is CC(C)(CC(=O)NC1CCC(C(=O)O)C1)NC(=O)OCC1c2ccccc2-c2ccccc21. The van der Waals surface area contributed by atoms with Gasteiger partial charge in [-0.2, -0.15) is 0 Å². The van der Waals surface area contributed by atoms with Crippen LogP contribution in [-0.4, -0.2) is 41.3 Å². The Morgan fingerprint density at radius 2 is 1.61 bits per heavy atom. The molecule has 7 nitrogen and oxygen atoms in total. The third kappa shape index (κ3) is 5.18. The van der Waals surface area contributed by atoms with E-state index in [1.54, 1.807) is 13.8 Å². The van der Waals surface area contributed by atoms with Crippen LogP contribution in [0.3, 0.4) is 0 Å². The van der Waals surface area contributed by atoms with Crippen molar-refractivity contribution in [1.29, 1.82) is 0 Å². The normalized spacial score (nSPS) is 19.5. The molecule has 7 heteroatoms. The van der Waals surface area contributed by atoms with E-state index in [0.29, 0.717) is 19.3 Å². The highest BCUT2D eigenvalue weighted by molar-refractivity contribution is 5.80. The van der Waals surface area contributed by atoms with E-state index in [2.05, 4.69) is 34.9 Å². The molecule has 2 unspecified atom stereocenters. The van der Waals surface area contributed by atoms with Crippen LogP contribution in [0.1, 0.15) is 56.6 Å². The van der Waals surface area contributed by atoms with Crippen molar-refractivity contribution < 1.29 is 24.2 Å². The molecule has 0 aliphatic heterocycles. The van der Waals surface area contributed by atoms with Gasteiger partial charge >= 0.3 is 12.1 Å². The fourth-order valence-corrected chi connectivity index (χ4v) is 4.97. The van der Waals surface area contributed by atoms with Crippen LogP contribution in [0.4, 0.5) is 4.79 Å². The topological polar surface area (TPSA) is 105 Å². The number of hydrogen-bond acceptors (Lipinski definition) is 4. The highest BCUT2D eigenvalue weighted by Crippen LogP contribution is 2.44. The van der Waals surface area contributed by atoms with Gasteiger partial charge in [0.1, 0.15) is 6.61 Å². The molecular weight excluding hydrogens is 420 g/mol. The zero-order chi connectivity index (χ0) is 23.6. The maximum Gasteiger partial charge on any atom is 0.407 e. The summed E-state index contributed by atoms with van der Waals surface area (Å²) >= 11 is 0. The predicted molar refractivity (Wildman–Crippen MR) is 124 cm³/mol. The molecule has 3 N–H and O–H groups in total. The monoisotopic (exact) mass is 450 g/mol. The number of ether oxygens (including phenoxy) is 1. The highest BCUT2D eigenvalue weighted by Gasteiger charge is 2.33. The molecule has 0 spiro atoms. The maximum absolute atomic E-state index is 12.6. The number of carboxylic acids is 1. The molecule has 33 heavy (non-hydrogen) atoms. The van der Waals surface area contributed by atoms with Crippen LogP contribution in [0.2, 0.25) is 0 Å². The number of fused-ring (bicyclic) bond motifs is 3. The minimum atomic E-state index is -0.816. The number of amides is 2. The van der Waals surface area contributed by atoms with Crippen LogP contribution >= 0.6 is 0 Å². The first-order chi connectivity index (χ1) is 15.7. The van der Waals surface area contributed by atoms with Crippen LogP contribution < -0.4 is 10.6 Å². The molecule has 174 valence electrons. The lowest BCUT2D eigenvalue weighted by Gasteiger charge is -2.26. The summed E-state index contributed by atoms with van der Waals surface area (Å²) in [5.41, 5.74) is 3.80. The minimum Gasteiger partial charge on any atom is -0.481 e. The van der Waals surface area contributed by atoms with Crippen molar-refractivity contribution in [1.82, 2.24) is 10.6 Å². The summed E-state index contributed by atoms with van der Waals surface area (Å²) in [5.74, 6) is -1.46. The first-order valence-corrected chi connectivity index (χ1v) is 11.4. The molecule has 0 bridgehead atoms. The quantitative estimate of drug-likeness (QED) is 0.590. The van der Waals surface area contributed by atoms with Crippen molar-refractivity contribution in [3.8, 4) is 11.1 Å². The fourth-order valence-electron chi connectivity index (χ4n) is 4.97. The third-order valence-electron chi connectivity index (χ3n) is 6.53. The van der Waals surface area contributed by atoms with E-state index in [4.69, 9.17) is 9.84 Å². The Hall–Kier alpha value is -3.35. The number of nitrogens with one attached hydrogen (secondary N) is 2. The fraction of sp³-hybridized carbons (Fsp3) is 0.423. The van der Waals surface area contributed by atoms with Gasteiger partial charge in [0.2, 0.25) is 5.91 Å². The second-order valence-corrected chi connectivity index (χ2v) is 9.62.